The summed E-state index contributed by atoms with van der Waals surface area (Å²) in [6.45, 7) is 3.03. The van der Waals surface area contributed by atoms with Gasteiger partial charge in [0.1, 0.15) is 11.3 Å². The van der Waals surface area contributed by atoms with E-state index in [2.05, 4.69) is 15.4 Å². The van der Waals surface area contributed by atoms with Crippen LogP contribution in [-0.4, -0.2) is 59.0 Å². The number of hydrogen-bond donors (Lipinski definition) is 2. The van der Waals surface area contributed by atoms with Gasteiger partial charge in [-0.3, -0.25) is 0 Å². The molecule has 11 nitrogen and oxygen atoms in total. The van der Waals surface area contributed by atoms with Crippen molar-refractivity contribution in [3.63, 3.8) is 0 Å². The van der Waals surface area contributed by atoms with E-state index in [1.807, 2.05) is 0 Å². The minimum atomic E-state index is -4.90. The summed E-state index contributed by atoms with van der Waals surface area (Å²) in [6.07, 6.45) is -3.28. The number of carbonyl (C=O) groups is 3. The topological polar surface area (TPSA) is 149 Å². The number of carboxylic acid groups (broad SMARTS) is 2. The summed E-state index contributed by atoms with van der Waals surface area (Å²) in [4.78, 5) is 34.9. The molecule has 38 heavy (non-hydrogen) atoms. The Balaban J connectivity index is 1.65. The third kappa shape index (κ3) is 5.09. The Labute approximate surface area is 211 Å². The number of rotatable bonds is 7. The standard InChI is InChI=1S/C24H18F3N5O6/c1-12(2)38-23(37)18-10-28-32(20(18)24(25,26)27)15-6-4-14(5-7-15)31-11-19(29-30-31)13-3-8-16(21(33)34)17(9-13)22(35)36/h3-12H,1-2H3,(H,33,34)(H,35,36). The van der Waals surface area contributed by atoms with Gasteiger partial charge in [-0.25, -0.2) is 23.7 Å². The fraction of sp³-hybridized carbons (Fsp3) is 0.167. The molecular formula is C24H18F3N5O6. The van der Waals surface area contributed by atoms with Gasteiger partial charge in [0.15, 0.2) is 5.69 Å². The second-order valence-corrected chi connectivity index (χ2v) is 8.21. The number of aromatic carboxylic acids is 2. The van der Waals surface area contributed by atoms with Gasteiger partial charge in [0.05, 0.1) is 41.0 Å². The molecule has 0 unspecified atom stereocenters. The van der Waals surface area contributed by atoms with E-state index >= 15 is 0 Å². The monoisotopic (exact) mass is 529 g/mol. The van der Waals surface area contributed by atoms with Crippen molar-refractivity contribution in [2.24, 2.45) is 0 Å². The molecule has 0 radical (unpaired) electrons. The number of alkyl halides is 3. The second kappa shape index (κ2) is 9.80. The van der Waals surface area contributed by atoms with Crippen molar-refractivity contribution in [2.75, 3.05) is 0 Å². The molecule has 4 aromatic rings. The van der Waals surface area contributed by atoms with Gasteiger partial charge >= 0.3 is 24.1 Å². The molecule has 0 saturated carbocycles. The molecule has 4 rings (SSSR count). The maximum atomic E-state index is 13.8. The average molecular weight is 529 g/mol. The van der Waals surface area contributed by atoms with Crippen LogP contribution >= 0.6 is 0 Å². The van der Waals surface area contributed by atoms with Gasteiger partial charge in [0, 0.05) is 5.56 Å². The quantitative estimate of drug-likeness (QED) is 0.337. The van der Waals surface area contributed by atoms with E-state index in [4.69, 9.17) is 4.74 Å². The maximum absolute atomic E-state index is 13.8. The molecule has 0 fully saturated rings. The molecule has 0 amide bonds. The zero-order valence-corrected chi connectivity index (χ0v) is 19.7. The van der Waals surface area contributed by atoms with Gasteiger partial charge < -0.3 is 14.9 Å². The van der Waals surface area contributed by atoms with Crippen LogP contribution in [0, 0.1) is 0 Å². The number of halogens is 3. The zero-order chi connectivity index (χ0) is 27.8. The zero-order valence-electron chi connectivity index (χ0n) is 19.7. The van der Waals surface area contributed by atoms with E-state index < -0.39 is 47.0 Å². The number of carboxylic acids is 2. The molecule has 0 aliphatic rings. The fourth-order valence-corrected chi connectivity index (χ4v) is 3.58. The Kier molecular flexibility index (Phi) is 6.72. The van der Waals surface area contributed by atoms with Crippen LogP contribution in [0.4, 0.5) is 13.2 Å². The minimum Gasteiger partial charge on any atom is -0.478 e. The Morgan fingerprint density at radius 2 is 1.55 bits per heavy atom. The number of benzene rings is 2. The highest BCUT2D eigenvalue weighted by molar-refractivity contribution is 6.02. The Morgan fingerprint density at radius 1 is 0.921 bits per heavy atom. The lowest BCUT2D eigenvalue weighted by Gasteiger charge is -2.13. The first kappa shape index (κ1) is 26.1. The lowest BCUT2D eigenvalue weighted by molar-refractivity contribution is -0.143. The summed E-state index contributed by atoms with van der Waals surface area (Å²) < 4.78 is 48.2. The number of nitrogens with zero attached hydrogens (tertiary/aromatic N) is 5. The number of hydrogen-bond acceptors (Lipinski definition) is 7. The maximum Gasteiger partial charge on any atom is 0.434 e. The third-order valence-electron chi connectivity index (χ3n) is 5.23. The van der Waals surface area contributed by atoms with Crippen molar-refractivity contribution >= 4 is 17.9 Å². The first-order chi connectivity index (χ1) is 17.9. The van der Waals surface area contributed by atoms with Crippen LogP contribution in [0.3, 0.4) is 0 Å². The van der Waals surface area contributed by atoms with Crippen LogP contribution in [0.15, 0.2) is 54.9 Å². The summed E-state index contributed by atoms with van der Waals surface area (Å²) in [5, 5.41) is 30.1. The van der Waals surface area contributed by atoms with Crippen molar-refractivity contribution in [2.45, 2.75) is 26.1 Å². The molecule has 0 aliphatic carbocycles. The van der Waals surface area contributed by atoms with Gasteiger partial charge in [-0.15, -0.1) is 5.10 Å². The fourth-order valence-electron chi connectivity index (χ4n) is 3.58. The Bertz CT molecular complexity index is 1540. The molecule has 2 N–H and O–H groups in total. The molecule has 2 heterocycles. The van der Waals surface area contributed by atoms with E-state index in [0.717, 1.165) is 18.3 Å². The van der Waals surface area contributed by atoms with E-state index in [-0.39, 0.29) is 16.9 Å². The molecule has 2 aromatic heterocycles. The van der Waals surface area contributed by atoms with Gasteiger partial charge in [0.25, 0.3) is 0 Å². The molecule has 0 spiro atoms. The molecule has 2 aromatic carbocycles. The van der Waals surface area contributed by atoms with Gasteiger partial charge in [-0.1, -0.05) is 11.3 Å². The number of aromatic nitrogens is 5. The summed E-state index contributed by atoms with van der Waals surface area (Å²) in [5.41, 5.74) is -1.87. The minimum absolute atomic E-state index is 0.0142. The lowest BCUT2D eigenvalue weighted by atomic mass is 10.0. The molecule has 0 bridgehead atoms. The number of esters is 1. The highest BCUT2D eigenvalue weighted by Crippen LogP contribution is 2.34. The lowest BCUT2D eigenvalue weighted by Crippen LogP contribution is -2.20. The van der Waals surface area contributed by atoms with Crippen molar-refractivity contribution in [1.82, 2.24) is 24.8 Å². The normalized spacial score (nSPS) is 11.5. The highest BCUT2D eigenvalue weighted by atomic mass is 19.4. The Hall–Kier alpha value is -5.01. The average Bonchev–Trinajstić information content (AvgIpc) is 3.51. The first-order valence-electron chi connectivity index (χ1n) is 10.9. The molecule has 196 valence electrons. The molecule has 0 atom stereocenters. The second-order valence-electron chi connectivity index (χ2n) is 8.21. The van der Waals surface area contributed by atoms with Gasteiger partial charge in [0.2, 0.25) is 0 Å². The van der Waals surface area contributed by atoms with Crippen LogP contribution in [0.25, 0.3) is 22.6 Å². The summed E-state index contributed by atoms with van der Waals surface area (Å²) in [7, 11) is 0. The molecular weight excluding hydrogens is 511 g/mol. The third-order valence-corrected chi connectivity index (χ3v) is 5.23. The molecule has 0 aliphatic heterocycles. The summed E-state index contributed by atoms with van der Waals surface area (Å²) in [5.74, 6) is -3.97. The van der Waals surface area contributed by atoms with Crippen molar-refractivity contribution in [3.8, 4) is 22.6 Å². The van der Waals surface area contributed by atoms with Crippen molar-refractivity contribution < 1.29 is 42.5 Å². The van der Waals surface area contributed by atoms with Gasteiger partial charge in [-0.05, 0) is 50.2 Å². The van der Waals surface area contributed by atoms with Crippen LogP contribution in [0.2, 0.25) is 0 Å². The largest absolute Gasteiger partial charge is 0.478 e. The van der Waals surface area contributed by atoms with Gasteiger partial charge in [-0.2, -0.15) is 18.3 Å². The van der Waals surface area contributed by atoms with E-state index in [0.29, 0.717) is 15.9 Å². The van der Waals surface area contributed by atoms with Crippen molar-refractivity contribution in [1.29, 1.82) is 0 Å². The summed E-state index contributed by atoms with van der Waals surface area (Å²) >= 11 is 0. The predicted molar refractivity (Wildman–Crippen MR) is 123 cm³/mol. The van der Waals surface area contributed by atoms with E-state index in [9.17, 15) is 37.8 Å². The van der Waals surface area contributed by atoms with Crippen LogP contribution in [0.5, 0.6) is 0 Å². The number of ether oxygens (including phenoxy) is 1. The van der Waals surface area contributed by atoms with Crippen LogP contribution in [-0.2, 0) is 10.9 Å². The number of carbonyl (C=O) groups excluding carboxylic acids is 1. The van der Waals surface area contributed by atoms with Crippen LogP contribution in [0.1, 0.15) is 50.6 Å². The highest BCUT2D eigenvalue weighted by Gasteiger charge is 2.41. The Morgan fingerprint density at radius 3 is 2.13 bits per heavy atom. The van der Waals surface area contributed by atoms with Crippen molar-refractivity contribution in [3.05, 3.63) is 77.2 Å². The first-order valence-corrected chi connectivity index (χ1v) is 10.9. The molecule has 0 saturated heterocycles. The van der Waals surface area contributed by atoms with E-state index in [1.54, 1.807) is 0 Å². The van der Waals surface area contributed by atoms with Crippen LogP contribution < -0.4 is 0 Å². The SMILES string of the molecule is CC(C)OC(=O)c1cnn(-c2ccc(-n3cc(-c4ccc(C(=O)O)c(C(=O)O)c4)nn3)cc2)c1C(F)(F)F. The smallest absolute Gasteiger partial charge is 0.434 e. The molecule has 14 heteroatoms. The predicted octanol–water partition coefficient (Wildman–Crippen LogP) is 4.10. The van der Waals surface area contributed by atoms with E-state index in [1.165, 1.54) is 55.1 Å². The summed E-state index contributed by atoms with van der Waals surface area (Å²) in [6, 6.07) is 9.23.